The van der Waals surface area contributed by atoms with Crippen LogP contribution in [0.1, 0.15) is 137 Å². The van der Waals surface area contributed by atoms with E-state index in [4.69, 9.17) is 9.84 Å². The quantitative estimate of drug-likeness (QED) is 0.114. The average molecular weight is 453 g/mol. The van der Waals surface area contributed by atoms with Crippen molar-refractivity contribution in [3.63, 3.8) is 0 Å². The normalized spacial score (nSPS) is 10.9. The molecule has 1 N–H and O–H groups in total. The van der Waals surface area contributed by atoms with Gasteiger partial charge in [-0.25, -0.2) is 9.59 Å². The number of hydrogen-bond acceptors (Lipinski definition) is 3. The summed E-state index contributed by atoms with van der Waals surface area (Å²) in [6.45, 7) is 11.9. The Morgan fingerprint density at radius 2 is 1.12 bits per heavy atom. The van der Waals surface area contributed by atoms with Gasteiger partial charge in [-0.3, -0.25) is 0 Å². The summed E-state index contributed by atoms with van der Waals surface area (Å²) >= 11 is 0. The summed E-state index contributed by atoms with van der Waals surface area (Å²) in [7, 11) is 0. The molecule has 0 rings (SSSR count). The Labute approximate surface area is 198 Å². The first-order valence-corrected chi connectivity index (χ1v) is 13.1. The van der Waals surface area contributed by atoms with Crippen LogP contribution in [0.5, 0.6) is 0 Å². The van der Waals surface area contributed by atoms with Crippen LogP contribution in [-0.4, -0.2) is 23.7 Å². The van der Waals surface area contributed by atoms with Crippen molar-refractivity contribution < 1.29 is 19.4 Å². The van der Waals surface area contributed by atoms with E-state index >= 15 is 0 Å². The summed E-state index contributed by atoms with van der Waals surface area (Å²) in [5.41, 5.74) is 0.961. The molecule has 0 aromatic carbocycles. The molecule has 0 bridgehead atoms. The lowest BCUT2D eigenvalue weighted by molar-refractivity contribution is -0.139. The van der Waals surface area contributed by atoms with E-state index in [0.717, 1.165) is 25.7 Å². The van der Waals surface area contributed by atoms with Crippen LogP contribution in [0.3, 0.4) is 0 Å². The maximum absolute atomic E-state index is 11.0. The molecule has 0 saturated heterocycles. The number of carboxylic acid groups (broad SMARTS) is 1. The first-order chi connectivity index (χ1) is 15.4. The van der Waals surface area contributed by atoms with Gasteiger partial charge >= 0.3 is 11.9 Å². The van der Waals surface area contributed by atoms with E-state index < -0.39 is 5.97 Å². The highest BCUT2D eigenvalue weighted by Crippen LogP contribution is 2.11. The summed E-state index contributed by atoms with van der Waals surface area (Å²) in [4.78, 5) is 21.5. The van der Waals surface area contributed by atoms with Gasteiger partial charge < -0.3 is 9.84 Å². The minimum Gasteiger partial charge on any atom is -0.478 e. The molecule has 0 unspecified atom stereocenters. The second-order valence-corrected chi connectivity index (χ2v) is 8.85. The van der Waals surface area contributed by atoms with Crippen molar-refractivity contribution in [2.75, 3.05) is 6.61 Å². The minimum atomic E-state index is -0.792. The third-order valence-electron chi connectivity index (χ3n) is 5.43. The van der Waals surface area contributed by atoms with Crippen LogP contribution in [0.25, 0.3) is 0 Å². The first-order valence-electron chi connectivity index (χ1n) is 13.1. The number of esters is 1. The third-order valence-corrected chi connectivity index (χ3v) is 5.43. The van der Waals surface area contributed by atoms with E-state index in [2.05, 4.69) is 20.4 Å². The summed E-state index contributed by atoms with van der Waals surface area (Å²) in [6, 6.07) is 0. The maximum atomic E-state index is 11.0. The van der Waals surface area contributed by atoms with Crippen molar-refractivity contribution in [2.24, 2.45) is 0 Å². The first kappa shape index (κ1) is 32.6. The van der Waals surface area contributed by atoms with E-state index in [0.29, 0.717) is 17.8 Å². The SMILES string of the molecule is C=C(C)C(=O)OCCCCCCCCCC.CCCCCCCCCCC=C(C)C(=O)O. The van der Waals surface area contributed by atoms with Gasteiger partial charge in [0.2, 0.25) is 0 Å². The topological polar surface area (TPSA) is 63.6 Å². The van der Waals surface area contributed by atoms with Gasteiger partial charge in [0.1, 0.15) is 0 Å². The Morgan fingerprint density at radius 3 is 1.53 bits per heavy atom. The van der Waals surface area contributed by atoms with Gasteiger partial charge in [-0.05, 0) is 33.1 Å². The summed E-state index contributed by atoms with van der Waals surface area (Å²) < 4.78 is 5.01. The van der Waals surface area contributed by atoms with Gasteiger partial charge in [0.15, 0.2) is 0 Å². The summed E-state index contributed by atoms with van der Waals surface area (Å²) in [5, 5.41) is 8.64. The smallest absolute Gasteiger partial charge is 0.333 e. The Balaban J connectivity index is 0. The number of carbonyl (C=O) groups excluding carboxylic acids is 1. The van der Waals surface area contributed by atoms with Gasteiger partial charge in [-0.15, -0.1) is 0 Å². The van der Waals surface area contributed by atoms with Gasteiger partial charge in [0.25, 0.3) is 0 Å². The highest BCUT2D eigenvalue weighted by Gasteiger charge is 2.01. The molecular formula is C28H52O4. The van der Waals surface area contributed by atoms with Crippen LogP contribution in [-0.2, 0) is 14.3 Å². The highest BCUT2D eigenvalue weighted by atomic mass is 16.5. The molecule has 32 heavy (non-hydrogen) atoms. The molecule has 0 saturated carbocycles. The predicted molar refractivity (Wildman–Crippen MR) is 137 cm³/mol. The lowest BCUT2D eigenvalue weighted by Gasteiger charge is -2.04. The monoisotopic (exact) mass is 452 g/mol. The molecule has 0 heterocycles. The van der Waals surface area contributed by atoms with Gasteiger partial charge in [-0.1, -0.05) is 116 Å². The maximum Gasteiger partial charge on any atom is 0.333 e. The Hall–Kier alpha value is -1.58. The fourth-order valence-corrected chi connectivity index (χ4v) is 3.21. The van der Waals surface area contributed by atoms with Gasteiger partial charge in [0, 0.05) is 11.1 Å². The van der Waals surface area contributed by atoms with Crippen molar-refractivity contribution in [2.45, 2.75) is 137 Å². The van der Waals surface area contributed by atoms with Crippen molar-refractivity contribution in [3.8, 4) is 0 Å². The van der Waals surface area contributed by atoms with E-state index in [9.17, 15) is 9.59 Å². The second kappa shape index (κ2) is 25.7. The van der Waals surface area contributed by atoms with E-state index in [1.165, 1.54) is 83.5 Å². The molecule has 0 aliphatic rings. The number of rotatable bonds is 20. The molecule has 0 aromatic rings. The fraction of sp³-hybridized carbons (Fsp3) is 0.786. The minimum absolute atomic E-state index is 0.261. The molecule has 0 fully saturated rings. The number of hydrogen-bond donors (Lipinski definition) is 1. The molecule has 0 atom stereocenters. The summed E-state index contributed by atoms with van der Waals surface area (Å²) in [6.07, 6.45) is 23.2. The number of ether oxygens (including phenoxy) is 1. The largest absolute Gasteiger partial charge is 0.478 e. The zero-order valence-corrected chi connectivity index (χ0v) is 21.7. The average Bonchev–Trinajstić information content (AvgIpc) is 2.76. The van der Waals surface area contributed by atoms with Crippen LogP contribution >= 0.6 is 0 Å². The highest BCUT2D eigenvalue weighted by molar-refractivity contribution is 5.86. The van der Waals surface area contributed by atoms with Crippen molar-refractivity contribution in [1.29, 1.82) is 0 Å². The molecule has 0 aliphatic heterocycles. The molecule has 188 valence electrons. The van der Waals surface area contributed by atoms with Gasteiger partial charge in [-0.2, -0.15) is 0 Å². The van der Waals surface area contributed by atoms with Crippen LogP contribution in [0.15, 0.2) is 23.8 Å². The Bertz CT molecular complexity index is 494. The number of carboxylic acids is 1. The van der Waals surface area contributed by atoms with Crippen molar-refractivity contribution in [1.82, 2.24) is 0 Å². The van der Waals surface area contributed by atoms with Crippen molar-refractivity contribution in [3.05, 3.63) is 23.8 Å². The number of allylic oxidation sites excluding steroid dienone is 1. The molecule has 0 aromatic heterocycles. The summed E-state index contributed by atoms with van der Waals surface area (Å²) in [5.74, 6) is -1.05. The third kappa shape index (κ3) is 26.5. The van der Waals surface area contributed by atoms with Crippen LogP contribution < -0.4 is 0 Å². The lowest BCUT2D eigenvalue weighted by Crippen LogP contribution is -2.05. The van der Waals surface area contributed by atoms with E-state index in [-0.39, 0.29) is 5.97 Å². The number of unbranched alkanes of at least 4 members (excludes halogenated alkanes) is 15. The van der Waals surface area contributed by atoms with E-state index in [1.807, 2.05) is 6.08 Å². The standard InChI is InChI=1S/2C14H26O2/c1-4-5-6-7-8-9-10-11-12-16-14(15)13(2)3;1-3-4-5-6-7-8-9-10-11-12-13(2)14(15)16/h2,4-12H2,1,3H3;12H,3-11H2,1-2H3,(H,15,16). The van der Waals surface area contributed by atoms with Crippen molar-refractivity contribution >= 4 is 11.9 Å². The molecule has 0 radical (unpaired) electrons. The molecule has 0 spiro atoms. The van der Waals surface area contributed by atoms with Crippen LogP contribution in [0, 0.1) is 0 Å². The molecule has 4 nitrogen and oxygen atoms in total. The molecule has 0 amide bonds. The van der Waals surface area contributed by atoms with Gasteiger partial charge in [0.05, 0.1) is 6.61 Å². The van der Waals surface area contributed by atoms with Crippen LogP contribution in [0.4, 0.5) is 0 Å². The Morgan fingerprint density at radius 1 is 0.719 bits per heavy atom. The zero-order valence-electron chi connectivity index (χ0n) is 21.7. The molecule has 4 heteroatoms. The predicted octanol–water partition coefficient (Wildman–Crippen LogP) is 8.79. The van der Waals surface area contributed by atoms with E-state index in [1.54, 1.807) is 13.8 Å². The zero-order chi connectivity index (χ0) is 24.5. The Kier molecular flexibility index (Phi) is 26.2. The second-order valence-electron chi connectivity index (χ2n) is 8.85. The number of aliphatic carboxylic acids is 1. The lowest BCUT2D eigenvalue weighted by atomic mass is 10.1. The number of carbonyl (C=O) groups is 2. The molecular weight excluding hydrogens is 400 g/mol. The molecule has 0 aliphatic carbocycles. The fourth-order valence-electron chi connectivity index (χ4n) is 3.21. The van der Waals surface area contributed by atoms with Crippen LogP contribution in [0.2, 0.25) is 0 Å².